The fraction of sp³-hybridized carbons (Fsp3) is 0. The minimum Gasteiger partial charge on any atom is -0.478 e. The van der Waals surface area contributed by atoms with Crippen LogP contribution in [0.2, 0.25) is 0 Å². The maximum atomic E-state index is 10.7. The SMILES string of the molecule is O=C(O)c1cccn2c(Br)nnc12. The largest absolute Gasteiger partial charge is 0.478 e. The van der Waals surface area contributed by atoms with E-state index < -0.39 is 5.97 Å². The van der Waals surface area contributed by atoms with Crippen molar-refractivity contribution in [3.05, 3.63) is 28.6 Å². The molecule has 0 unspecified atom stereocenters. The van der Waals surface area contributed by atoms with Crippen molar-refractivity contribution in [2.75, 3.05) is 0 Å². The number of hydrogen-bond acceptors (Lipinski definition) is 3. The van der Waals surface area contributed by atoms with E-state index in [0.29, 0.717) is 10.4 Å². The van der Waals surface area contributed by atoms with Crippen LogP contribution in [0.25, 0.3) is 5.65 Å². The van der Waals surface area contributed by atoms with Crippen LogP contribution in [0.5, 0.6) is 0 Å². The molecule has 2 rings (SSSR count). The van der Waals surface area contributed by atoms with Crippen molar-refractivity contribution in [1.29, 1.82) is 0 Å². The van der Waals surface area contributed by atoms with E-state index in [4.69, 9.17) is 5.11 Å². The number of rotatable bonds is 1. The van der Waals surface area contributed by atoms with Crippen LogP contribution in [-0.4, -0.2) is 25.7 Å². The van der Waals surface area contributed by atoms with Gasteiger partial charge >= 0.3 is 5.97 Å². The topological polar surface area (TPSA) is 67.5 Å². The number of carboxylic acids is 1. The Labute approximate surface area is 81.1 Å². The fourth-order valence-corrected chi connectivity index (χ4v) is 1.42. The van der Waals surface area contributed by atoms with E-state index in [1.807, 2.05) is 0 Å². The first kappa shape index (κ1) is 8.18. The van der Waals surface area contributed by atoms with Crippen LogP contribution in [0.4, 0.5) is 0 Å². The molecule has 1 N–H and O–H groups in total. The molecule has 0 radical (unpaired) electrons. The average Bonchev–Trinajstić information content (AvgIpc) is 2.48. The van der Waals surface area contributed by atoms with Gasteiger partial charge < -0.3 is 5.11 Å². The molecule has 13 heavy (non-hydrogen) atoms. The second-order valence-corrected chi connectivity index (χ2v) is 3.10. The van der Waals surface area contributed by atoms with E-state index in [1.165, 1.54) is 6.07 Å². The van der Waals surface area contributed by atoms with Gasteiger partial charge in [-0.3, -0.25) is 4.40 Å². The summed E-state index contributed by atoms with van der Waals surface area (Å²) in [5, 5.41) is 16.2. The molecule has 0 spiro atoms. The molecule has 2 aromatic heterocycles. The zero-order valence-corrected chi connectivity index (χ0v) is 7.89. The molecule has 0 amide bonds. The maximum Gasteiger partial charge on any atom is 0.339 e. The van der Waals surface area contributed by atoms with Crippen LogP contribution in [0.3, 0.4) is 0 Å². The number of carboxylic acid groups (broad SMARTS) is 1. The quantitative estimate of drug-likeness (QED) is 0.815. The molecule has 0 aliphatic heterocycles. The van der Waals surface area contributed by atoms with Gasteiger partial charge in [0.15, 0.2) is 5.65 Å². The first-order valence-corrected chi connectivity index (χ1v) is 4.22. The van der Waals surface area contributed by atoms with Crippen LogP contribution in [0, 0.1) is 0 Å². The summed E-state index contributed by atoms with van der Waals surface area (Å²) < 4.78 is 2.05. The molecule has 0 bridgehead atoms. The number of halogens is 1. The molecule has 0 aliphatic rings. The third-order valence-corrected chi connectivity index (χ3v) is 2.16. The third kappa shape index (κ3) is 1.19. The Balaban J connectivity index is 2.84. The normalized spacial score (nSPS) is 10.5. The Morgan fingerprint density at radius 2 is 2.31 bits per heavy atom. The van der Waals surface area contributed by atoms with Crippen LogP contribution in [0.1, 0.15) is 10.4 Å². The van der Waals surface area contributed by atoms with Crippen LogP contribution < -0.4 is 0 Å². The van der Waals surface area contributed by atoms with Gasteiger partial charge in [0.25, 0.3) is 0 Å². The van der Waals surface area contributed by atoms with Crippen LogP contribution in [-0.2, 0) is 0 Å². The van der Waals surface area contributed by atoms with E-state index in [2.05, 4.69) is 26.1 Å². The Morgan fingerprint density at radius 1 is 1.54 bits per heavy atom. The van der Waals surface area contributed by atoms with Crippen LogP contribution in [0.15, 0.2) is 23.1 Å². The van der Waals surface area contributed by atoms with Gasteiger partial charge in [0.05, 0.1) is 0 Å². The Hall–Kier alpha value is -1.43. The monoisotopic (exact) mass is 241 g/mol. The highest BCUT2D eigenvalue weighted by molar-refractivity contribution is 9.10. The molecule has 6 heteroatoms. The molecule has 0 aromatic carbocycles. The smallest absolute Gasteiger partial charge is 0.339 e. The maximum absolute atomic E-state index is 10.7. The lowest BCUT2D eigenvalue weighted by molar-refractivity contribution is 0.0698. The summed E-state index contributed by atoms with van der Waals surface area (Å²) in [6, 6.07) is 3.11. The summed E-state index contributed by atoms with van der Waals surface area (Å²) in [5.74, 6) is -1.01. The first-order chi connectivity index (χ1) is 6.20. The zero-order chi connectivity index (χ0) is 9.42. The summed E-state index contributed by atoms with van der Waals surface area (Å²) in [6.07, 6.45) is 1.69. The number of pyridine rings is 1. The lowest BCUT2D eigenvalue weighted by Gasteiger charge is -1.96. The number of aromatic nitrogens is 3. The molecule has 0 atom stereocenters. The zero-order valence-electron chi connectivity index (χ0n) is 6.31. The van der Waals surface area contributed by atoms with E-state index in [0.717, 1.165) is 0 Å². The Bertz CT molecular complexity index is 480. The highest BCUT2D eigenvalue weighted by Gasteiger charge is 2.11. The lowest BCUT2D eigenvalue weighted by Crippen LogP contribution is -2.00. The molecular weight excluding hydrogens is 238 g/mol. The molecule has 0 saturated carbocycles. The van der Waals surface area contributed by atoms with E-state index in [1.54, 1.807) is 16.7 Å². The summed E-state index contributed by atoms with van der Waals surface area (Å²) in [4.78, 5) is 10.7. The van der Waals surface area contributed by atoms with Gasteiger partial charge in [-0.05, 0) is 28.1 Å². The van der Waals surface area contributed by atoms with Crippen LogP contribution >= 0.6 is 15.9 Å². The predicted octanol–water partition coefficient (Wildman–Crippen LogP) is 1.19. The standard InChI is InChI=1S/C7H4BrN3O2/c8-7-10-9-5-4(6(12)13)2-1-3-11(5)7/h1-3H,(H,12,13). The highest BCUT2D eigenvalue weighted by Crippen LogP contribution is 2.13. The van der Waals surface area contributed by atoms with Crippen molar-refractivity contribution in [2.24, 2.45) is 0 Å². The summed E-state index contributed by atoms with van der Waals surface area (Å²) >= 11 is 3.15. The van der Waals surface area contributed by atoms with Crippen molar-refractivity contribution < 1.29 is 9.90 Å². The van der Waals surface area contributed by atoms with Crippen molar-refractivity contribution in [3.8, 4) is 0 Å². The summed E-state index contributed by atoms with van der Waals surface area (Å²) in [5.41, 5.74) is 0.475. The van der Waals surface area contributed by atoms with Gasteiger partial charge in [0, 0.05) is 6.20 Å². The Morgan fingerprint density at radius 3 is 3.00 bits per heavy atom. The molecule has 2 aromatic rings. The third-order valence-electron chi connectivity index (χ3n) is 1.62. The van der Waals surface area contributed by atoms with E-state index >= 15 is 0 Å². The predicted molar refractivity (Wildman–Crippen MR) is 47.6 cm³/mol. The number of carbonyl (C=O) groups is 1. The average molecular weight is 242 g/mol. The molecule has 0 fully saturated rings. The molecule has 0 aliphatic carbocycles. The lowest BCUT2D eigenvalue weighted by atomic mass is 10.3. The van der Waals surface area contributed by atoms with E-state index in [9.17, 15) is 4.79 Å². The highest BCUT2D eigenvalue weighted by atomic mass is 79.9. The molecule has 5 nitrogen and oxygen atoms in total. The second kappa shape index (κ2) is 2.81. The van der Waals surface area contributed by atoms with E-state index in [-0.39, 0.29) is 5.56 Å². The van der Waals surface area contributed by atoms with Gasteiger partial charge in [-0.1, -0.05) is 0 Å². The number of hydrogen-bond donors (Lipinski definition) is 1. The fourth-order valence-electron chi connectivity index (χ4n) is 1.05. The van der Waals surface area contributed by atoms with Crippen molar-refractivity contribution >= 4 is 27.5 Å². The van der Waals surface area contributed by atoms with Crippen molar-refractivity contribution in [1.82, 2.24) is 14.6 Å². The van der Waals surface area contributed by atoms with Gasteiger partial charge in [-0.15, -0.1) is 10.2 Å². The van der Waals surface area contributed by atoms with Gasteiger partial charge in [0.1, 0.15) is 5.56 Å². The summed E-state index contributed by atoms with van der Waals surface area (Å²) in [7, 11) is 0. The molecular formula is C7H4BrN3O2. The number of nitrogens with zero attached hydrogens (tertiary/aromatic N) is 3. The van der Waals surface area contributed by atoms with Crippen molar-refractivity contribution in [3.63, 3.8) is 0 Å². The van der Waals surface area contributed by atoms with Crippen molar-refractivity contribution in [2.45, 2.75) is 0 Å². The Kier molecular flexibility index (Phi) is 1.77. The van der Waals surface area contributed by atoms with Gasteiger partial charge in [0.2, 0.25) is 4.73 Å². The molecule has 2 heterocycles. The van der Waals surface area contributed by atoms with Gasteiger partial charge in [-0.25, -0.2) is 4.79 Å². The second-order valence-electron chi connectivity index (χ2n) is 2.39. The minimum absolute atomic E-state index is 0.140. The number of aromatic carboxylic acids is 1. The molecule has 66 valence electrons. The van der Waals surface area contributed by atoms with Gasteiger partial charge in [-0.2, -0.15) is 0 Å². The summed E-state index contributed by atoms with van der Waals surface area (Å²) in [6.45, 7) is 0. The minimum atomic E-state index is -1.01. The molecule has 0 saturated heterocycles. The first-order valence-electron chi connectivity index (χ1n) is 3.42. The number of fused-ring (bicyclic) bond motifs is 1.